The Morgan fingerprint density at radius 3 is 2.39 bits per heavy atom. The number of carbonyl (C=O) groups is 2. The van der Waals surface area contributed by atoms with Gasteiger partial charge in [-0.2, -0.15) is 0 Å². The minimum Gasteiger partial charge on any atom is -0.321 e. The molecule has 3 rings (SSSR count). The number of pyridine rings is 1. The van der Waals surface area contributed by atoms with Crippen molar-refractivity contribution >= 4 is 34.5 Å². The lowest BCUT2D eigenvalue weighted by atomic mass is 10.1. The Morgan fingerprint density at radius 1 is 0.870 bits per heavy atom. The first kappa shape index (κ1) is 14.9. The number of rotatable bonds is 4. The van der Waals surface area contributed by atoms with E-state index in [-0.39, 0.29) is 11.8 Å². The summed E-state index contributed by atoms with van der Waals surface area (Å²) in [5, 5.41) is 7.42. The summed E-state index contributed by atoms with van der Waals surface area (Å²) in [7, 11) is 0. The fraction of sp³-hybridized carbons (Fsp3) is 0. The molecule has 0 saturated carbocycles. The van der Waals surface area contributed by atoms with E-state index in [1.54, 1.807) is 54.9 Å². The first-order valence-electron chi connectivity index (χ1n) is 6.95. The van der Waals surface area contributed by atoms with Crippen LogP contribution in [0, 0.1) is 0 Å². The minimum atomic E-state index is -0.279. The molecule has 0 fully saturated rings. The predicted molar refractivity (Wildman–Crippen MR) is 89.7 cm³/mol. The molecule has 0 atom stereocenters. The van der Waals surface area contributed by atoms with Crippen LogP contribution in [0.2, 0.25) is 0 Å². The van der Waals surface area contributed by atoms with E-state index in [9.17, 15) is 9.59 Å². The maximum Gasteiger partial charge on any atom is 0.265 e. The molecule has 0 bridgehead atoms. The second kappa shape index (κ2) is 6.85. The van der Waals surface area contributed by atoms with Crippen molar-refractivity contribution in [2.24, 2.45) is 0 Å². The van der Waals surface area contributed by atoms with Gasteiger partial charge in [-0.1, -0.05) is 18.2 Å². The molecule has 0 aliphatic heterocycles. The van der Waals surface area contributed by atoms with Crippen molar-refractivity contribution in [3.05, 3.63) is 76.7 Å². The molecule has 0 aliphatic rings. The van der Waals surface area contributed by atoms with E-state index in [1.807, 2.05) is 11.4 Å². The van der Waals surface area contributed by atoms with E-state index in [0.717, 1.165) is 0 Å². The highest BCUT2D eigenvalue weighted by Gasteiger charge is 2.14. The maximum atomic E-state index is 12.4. The third-order valence-electron chi connectivity index (χ3n) is 3.14. The Kier molecular flexibility index (Phi) is 4.44. The first-order valence-corrected chi connectivity index (χ1v) is 7.83. The lowest BCUT2D eigenvalue weighted by molar-refractivity contribution is -0.377. The molecular weight excluding hydrogens is 310 g/mol. The van der Waals surface area contributed by atoms with Crippen LogP contribution < -0.4 is 15.6 Å². The standard InChI is InChI=1S/C17H13N3O2S/c21-16(19-12-7-9-18-10-8-12)13-4-1-2-5-14(13)20-17(22)15-6-3-11-23-15/h1-11H,(H,20,22)(H,18,19,21)/p+1. The van der Waals surface area contributed by atoms with E-state index < -0.39 is 0 Å². The SMILES string of the molecule is O=C(Nc1ccccc1C(=O)Nc1cc[nH+]cc1)c1cccs1. The van der Waals surface area contributed by atoms with Crippen molar-refractivity contribution in [2.75, 3.05) is 10.6 Å². The van der Waals surface area contributed by atoms with Gasteiger partial charge in [-0.05, 0) is 23.6 Å². The monoisotopic (exact) mass is 324 g/mol. The molecule has 5 nitrogen and oxygen atoms in total. The average Bonchev–Trinajstić information content (AvgIpc) is 3.11. The van der Waals surface area contributed by atoms with Gasteiger partial charge in [-0.15, -0.1) is 11.3 Å². The zero-order chi connectivity index (χ0) is 16.1. The number of benzene rings is 1. The number of aromatic amines is 1. The summed E-state index contributed by atoms with van der Waals surface area (Å²) >= 11 is 1.35. The zero-order valence-corrected chi connectivity index (χ0v) is 12.9. The number of aromatic nitrogens is 1. The molecule has 2 heterocycles. The van der Waals surface area contributed by atoms with Crippen molar-refractivity contribution in [2.45, 2.75) is 0 Å². The number of hydrogen-bond acceptors (Lipinski definition) is 3. The normalized spacial score (nSPS) is 10.1. The van der Waals surface area contributed by atoms with Crippen LogP contribution in [0.1, 0.15) is 20.0 Å². The van der Waals surface area contributed by atoms with Gasteiger partial charge < -0.3 is 10.6 Å². The number of thiophene rings is 1. The second-order valence-electron chi connectivity index (χ2n) is 4.72. The van der Waals surface area contributed by atoms with Crippen molar-refractivity contribution in [1.82, 2.24) is 0 Å². The number of H-pyrrole nitrogens is 1. The summed E-state index contributed by atoms with van der Waals surface area (Å²) in [6.07, 6.45) is 3.44. The molecule has 6 heteroatoms. The summed E-state index contributed by atoms with van der Waals surface area (Å²) in [5.74, 6) is -0.507. The quantitative estimate of drug-likeness (QED) is 0.774. The number of carbonyl (C=O) groups excluding carboxylic acids is 2. The highest BCUT2D eigenvalue weighted by molar-refractivity contribution is 7.12. The van der Waals surface area contributed by atoms with Crippen LogP contribution >= 0.6 is 11.3 Å². The zero-order valence-electron chi connectivity index (χ0n) is 12.1. The van der Waals surface area contributed by atoms with Crippen molar-refractivity contribution in [1.29, 1.82) is 0 Å². The van der Waals surface area contributed by atoms with Crippen molar-refractivity contribution in [3.8, 4) is 0 Å². The van der Waals surface area contributed by atoms with Gasteiger partial charge in [0.05, 0.1) is 21.8 Å². The summed E-state index contributed by atoms with van der Waals surface area (Å²) in [6.45, 7) is 0. The van der Waals surface area contributed by atoms with E-state index in [1.165, 1.54) is 11.3 Å². The van der Waals surface area contributed by atoms with Crippen molar-refractivity contribution < 1.29 is 14.6 Å². The van der Waals surface area contributed by atoms with Gasteiger partial charge in [0.2, 0.25) is 0 Å². The fourth-order valence-electron chi connectivity index (χ4n) is 2.05. The van der Waals surface area contributed by atoms with Crippen LogP contribution in [0.25, 0.3) is 0 Å². The van der Waals surface area contributed by atoms with Crippen LogP contribution in [-0.4, -0.2) is 11.8 Å². The second-order valence-corrected chi connectivity index (χ2v) is 5.67. The van der Waals surface area contributed by atoms with Crippen molar-refractivity contribution in [3.63, 3.8) is 0 Å². The molecule has 1 aromatic carbocycles. The van der Waals surface area contributed by atoms with Gasteiger partial charge in [0, 0.05) is 12.1 Å². The van der Waals surface area contributed by atoms with E-state index in [2.05, 4.69) is 15.6 Å². The number of amides is 2. The highest BCUT2D eigenvalue weighted by atomic mass is 32.1. The molecule has 114 valence electrons. The maximum absolute atomic E-state index is 12.4. The van der Waals surface area contributed by atoms with Gasteiger partial charge in [-0.25, -0.2) is 4.98 Å². The number of hydrogen-bond donors (Lipinski definition) is 2. The van der Waals surface area contributed by atoms with Gasteiger partial charge in [0.1, 0.15) is 0 Å². The van der Waals surface area contributed by atoms with Crippen LogP contribution in [0.4, 0.5) is 11.4 Å². The Hall–Kier alpha value is -2.99. The third-order valence-corrected chi connectivity index (χ3v) is 4.01. The lowest BCUT2D eigenvalue weighted by Crippen LogP contribution is -2.18. The molecule has 0 saturated heterocycles. The van der Waals surface area contributed by atoms with Crippen LogP contribution in [-0.2, 0) is 0 Å². The minimum absolute atomic E-state index is 0.227. The molecule has 0 spiro atoms. The summed E-state index contributed by atoms with van der Waals surface area (Å²) < 4.78 is 0. The molecule has 23 heavy (non-hydrogen) atoms. The molecule has 2 amide bonds. The van der Waals surface area contributed by atoms with Gasteiger partial charge >= 0.3 is 0 Å². The summed E-state index contributed by atoms with van der Waals surface area (Å²) in [5.41, 5.74) is 1.56. The summed E-state index contributed by atoms with van der Waals surface area (Å²) in [4.78, 5) is 28.1. The Morgan fingerprint density at radius 2 is 1.65 bits per heavy atom. The van der Waals surface area contributed by atoms with Crippen LogP contribution in [0.5, 0.6) is 0 Å². The first-order chi connectivity index (χ1) is 11.2. The lowest BCUT2D eigenvalue weighted by Gasteiger charge is -2.10. The molecule has 3 N–H and O–H groups in total. The Labute approximate surface area is 137 Å². The third kappa shape index (κ3) is 3.61. The van der Waals surface area contributed by atoms with E-state index >= 15 is 0 Å². The number of para-hydroxylation sites is 1. The van der Waals surface area contributed by atoms with Gasteiger partial charge in [0.25, 0.3) is 11.8 Å². The predicted octanol–water partition coefficient (Wildman–Crippen LogP) is 3.07. The number of anilines is 2. The fourth-order valence-corrected chi connectivity index (χ4v) is 2.67. The van der Waals surface area contributed by atoms with Crippen LogP contribution in [0.15, 0.2) is 66.3 Å². The van der Waals surface area contributed by atoms with Gasteiger partial charge in [0.15, 0.2) is 12.4 Å². The summed E-state index contributed by atoms with van der Waals surface area (Å²) in [6, 6.07) is 14.0. The Balaban J connectivity index is 1.80. The molecule has 0 unspecified atom stereocenters. The van der Waals surface area contributed by atoms with Gasteiger partial charge in [-0.3, -0.25) is 9.59 Å². The smallest absolute Gasteiger partial charge is 0.265 e. The molecule has 3 aromatic rings. The van der Waals surface area contributed by atoms with E-state index in [4.69, 9.17) is 0 Å². The Bertz CT molecular complexity index is 817. The number of nitrogens with one attached hydrogen (secondary N) is 3. The van der Waals surface area contributed by atoms with Crippen LogP contribution in [0.3, 0.4) is 0 Å². The van der Waals surface area contributed by atoms with E-state index in [0.29, 0.717) is 21.8 Å². The molecular formula is C17H14N3O2S+. The average molecular weight is 324 g/mol. The molecule has 0 radical (unpaired) electrons. The molecule has 0 aliphatic carbocycles. The topological polar surface area (TPSA) is 72.3 Å². The molecule has 2 aromatic heterocycles. The largest absolute Gasteiger partial charge is 0.321 e. The highest BCUT2D eigenvalue weighted by Crippen LogP contribution is 2.19.